The molecule has 0 spiro atoms. The van der Waals surface area contributed by atoms with Crippen molar-refractivity contribution in [3.05, 3.63) is 54.0 Å². The summed E-state index contributed by atoms with van der Waals surface area (Å²) in [5.74, 6) is -0.610. The van der Waals surface area contributed by atoms with Crippen molar-refractivity contribution in [2.75, 3.05) is 5.32 Å². The molecule has 92 valence electrons. The highest BCUT2D eigenvalue weighted by molar-refractivity contribution is 5.91. The van der Waals surface area contributed by atoms with Gasteiger partial charge in [-0.15, -0.1) is 0 Å². The molecule has 0 saturated heterocycles. The number of pyridine rings is 1. The van der Waals surface area contributed by atoms with E-state index in [1.54, 1.807) is 12.1 Å². The van der Waals surface area contributed by atoms with Gasteiger partial charge in [0.15, 0.2) is 0 Å². The van der Waals surface area contributed by atoms with E-state index >= 15 is 0 Å². The van der Waals surface area contributed by atoms with Crippen LogP contribution >= 0.6 is 0 Å². The van der Waals surface area contributed by atoms with Crippen molar-refractivity contribution in [2.24, 2.45) is 0 Å². The minimum absolute atomic E-state index is 0.137. The second-order valence-electron chi connectivity index (χ2n) is 3.74. The summed E-state index contributed by atoms with van der Waals surface area (Å²) >= 11 is 0. The van der Waals surface area contributed by atoms with Gasteiger partial charge < -0.3 is 10.4 Å². The minimum atomic E-state index is -0.641. The van der Waals surface area contributed by atoms with Gasteiger partial charge in [0.05, 0.1) is 6.42 Å². The van der Waals surface area contributed by atoms with Gasteiger partial charge in [0, 0.05) is 0 Å². The SMILES string of the molecule is O=C(Cc1ccc(O)cc1)Nc1cccc(F)n1. The van der Waals surface area contributed by atoms with Crippen LogP contribution in [0.1, 0.15) is 5.56 Å². The molecule has 1 amide bonds. The fourth-order valence-electron chi connectivity index (χ4n) is 1.46. The van der Waals surface area contributed by atoms with Crippen molar-refractivity contribution in [1.29, 1.82) is 0 Å². The van der Waals surface area contributed by atoms with Crippen molar-refractivity contribution < 1.29 is 14.3 Å². The molecule has 0 radical (unpaired) electrons. The number of anilines is 1. The molecule has 2 aromatic rings. The monoisotopic (exact) mass is 246 g/mol. The van der Waals surface area contributed by atoms with E-state index in [1.807, 2.05) is 0 Å². The first-order valence-electron chi connectivity index (χ1n) is 5.34. The number of nitrogens with one attached hydrogen (secondary N) is 1. The van der Waals surface area contributed by atoms with Crippen LogP contribution in [0, 0.1) is 5.95 Å². The highest BCUT2D eigenvalue weighted by Crippen LogP contribution is 2.11. The van der Waals surface area contributed by atoms with Crippen LogP contribution in [0.4, 0.5) is 10.2 Å². The van der Waals surface area contributed by atoms with E-state index in [4.69, 9.17) is 5.11 Å². The molecule has 1 aromatic carbocycles. The van der Waals surface area contributed by atoms with Gasteiger partial charge in [0.1, 0.15) is 11.6 Å². The van der Waals surface area contributed by atoms with Gasteiger partial charge in [-0.05, 0) is 29.8 Å². The average Bonchev–Trinajstić information content (AvgIpc) is 2.32. The average molecular weight is 246 g/mol. The topological polar surface area (TPSA) is 62.2 Å². The van der Waals surface area contributed by atoms with E-state index < -0.39 is 5.95 Å². The number of nitrogens with zero attached hydrogens (tertiary/aromatic N) is 1. The number of hydrogen-bond acceptors (Lipinski definition) is 3. The first-order chi connectivity index (χ1) is 8.63. The molecule has 1 aromatic heterocycles. The van der Waals surface area contributed by atoms with Gasteiger partial charge >= 0.3 is 0 Å². The van der Waals surface area contributed by atoms with Gasteiger partial charge in [0.2, 0.25) is 11.9 Å². The van der Waals surface area contributed by atoms with E-state index in [9.17, 15) is 9.18 Å². The van der Waals surface area contributed by atoms with Crippen molar-refractivity contribution in [1.82, 2.24) is 4.98 Å². The van der Waals surface area contributed by atoms with E-state index in [2.05, 4.69) is 10.3 Å². The number of hydrogen-bond donors (Lipinski definition) is 2. The van der Waals surface area contributed by atoms with Gasteiger partial charge in [-0.3, -0.25) is 4.79 Å². The normalized spacial score (nSPS) is 10.1. The zero-order valence-corrected chi connectivity index (χ0v) is 9.43. The third-order valence-corrected chi connectivity index (χ3v) is 2.28. The summed E-state index contributed by atoms with van der Waals surface area (Å²) < 4.78 is 12.8. The van der Waals surface area contributed by atoms with Crippen molar-refractivity contribution in [3.63, 3.8) is 0 Å². The number of rotatable bonds is 3. The summed E-state index contributed by atoms with van der Waals surface area (Å²) in [5.41, 5.74) is 0.752. The number of phenols is 1. The Bertz CT molecular complexity index is 555. The lowest BCUT2D eigenvalue weighted by molar-refractivity contribution is -0.115. The Kier molecular flexibility index (Phi) is 3.52. The number of aromatic hydroxyl groups is 1. The van der Waals surface area contributed by atoms with Crippen molar-refractivity contribution in [3.8, 4) is 5.75 Å². The molecule has 1 heterocycles. The van der Waals surface area contributed by atoms with Crippen LogP contribution in [-0.2, 0) is 11.2 Å². The second-order valence-corrected chi connectivity index (χ2v) is 3.74. The molecule has 5 heteroatoms. The maximum absolute atomic E-state index is 12.8. The summed E-state index contributed by atoms with van der Waals surface area (Å²) in [7, 11) is 0. The number of benzene rings is 1. The van der Waals surface area contributed by atoms with Crippen LogP contribution < -0.4 is 5.32 Å². The van der Waals surface area contributed by atoms with Crippen LogP contribution in [0.2, 0.25) is 0 Å². The molecule has 0 aliphatic rings. The quantitative estimate of drug-likeness (QED) is 0.815. The summed E-state index contributed by atoms with van der Waals surface area (Å²) in [5, 5.41) is 11.6. The Labute approximate surface area is 103 Å². The summed E-state index contributed by atoms with van der Waals surface area (Å²) in [6.45, 7) is 0. The fourth-order valence-corrected chi connectivity index (χ4v) is 1.46. The van der Waals surface area contributed by atoms with Crippen LogP contribution in [0.25, 0.3) is 0 Å². The standard InChI is InChI=1S/C13H11FN2O2/c14-11-2-1-3-12(15-11)16-13(18)8-9-4-6-10(17)7-5-9/h1-7,17H,8H2,(H,15,16,18). The first kappa shape index (κ1) is 12.0. The zero-order chi connectivity index (χ0) is 13.0. The second kappa shape index (κ2) is 5.27. The molecule has 0 atom stereocenters. The predicted octanol–water partition coefficient (Wildman–Crippen LogP) is 2.11. The molecule has 4 nitrogen and oxygen atoms in total. The number of amides is 1. The lowest BCUT2D eigenvalue weighted by Crippen LogP contribution is -2.15. The molecular formula is C13H11FN2O2. The molecule has 0 aliphatic heterocycles. The first-order valence-corrected chi connectivity index (χ1v) is 5.34. The van der Waals surface area contributed by atoms with Crippen molar-refractivity contribution >= 4 is 11.7 Å². The summed E-state index contributed by atoms with van der Waals surface area (Å²) in [4.78, 5) is 15.2. The maximum Gasteiger partial charge on any atom is 0.229 e. The van der Waals surface area contributed by atoms with E-state index in [-0.39, 0.29) is 23.9 Å². The van der Waals surface area contributed by atoms with Crippen LogP contribution in [0.5, 0.6) is 5.75 Å². The Morgan fingerprint density at radius 1 is 1.22 bits per heavy atom. The van der Waals surface area contributed by atoms with E-state index in [0.717, 1.165) is 5.56 Å². The highest BCUT2D eigenvalue weighted by atomic mass is 19.1. The predicted molar refractivity (Wildman–Crippen MR) is 64.6 cm³/mol. The number of halogens is 1. The molecule has 2 rings (SSSR count). The Morgan fingerprint density at radius 3 is 2.61 bits per heavy atom. The largest absolute Gasteiger partial charge is 0.508 e. The Hall–Kier alpha value is -2.43. The maximum atomic E-state index is 12.8. The third-order valence-electron chi connectivity index (χ3n) is 2.28. The summed E-state index contributed by atoms with van der Waals surface area (Å²) in [6.07, 6.45) is 0.137. The van der Waals surface area contributed by atoms with E-state index in [1.165, 1.54) is 30.3 Å². The molecule has 0 aliphatic carbocycles. The molecule has 0 saturated carbocycles. The highest BCUT2D eigenvalue weighted by Gasteiger charge is 2.05. The number of carbonyl (C=O) groups excluding carboxylic acids is 1. The van der Waals surface area contributed by atoms with Gasteiger partial charge in [-0.25, -0.2) is 4.98 Å². The summed E-state index contributed by atoms with van der Waals surface area (Å²) in [6, 6.07) is 10.5. The third kappa shape index (κ3) is 3.28. The smallest absolute Gasteiger partial charge is 0.229 e. The molecular weight excluding hydrogens is 235 g/mol. The van der Waals surface area contributed by atoms with E-state index in [0.29, 0.717) is 0 Å². The number of aromatic nitrogens is 1. The van der Waals surface area contributed by atoms with Crippen LogP contribution in [0.3, 0.4) is 0 Å². The molecule has 0 fully saturated rings. The Morgan fingerprint density at radius 2 is 1.94 bits per heavy atom. The van der Waals surface area contributed by atoms with Crippen LogP contribution in [-0.4, -0.2) is 16.0 Å². The fraction of sp³-hybridized carbons (Fsp3) is 0.0769. The number of carbonyl (C=O) groups is 1. The van der Waals surface area contributed by atoms with Gasteiger partial charge in [-0.1, -0.05) is 18.2 Å². The number of phenolic OH excluding ortho intramolecular Hbond substituents is 1. The zero-order valence-electron chi connectivity index (χ0n) is 9.43. The minimum Gasteiger partial charge on any atom is -0.508 e. The van der Waals surface area contributed by atoms with Crippen LogP contribution in [0.15, 0.2) is 42.5 Å². The van der Waals surface area contributed by atoms with Crippen molar-refractivity contribution in [2.45, 2.75) is 6.42 Å². The molecule has 18 heavy (non-hydrogen) atoms. The van der Waals surface area contributed by atoms with Gasteiger partial charge in [-0.2, -0.15) is 4.39 Å². The molecule has 0 unspecified atom stereocenters. The Balaban J connectivity index is 1.98. The molecule has 0 bridgehead atoms. The lowest BCUT2D eigenvalue weighted by Gasteiger charge is -2.04. The molecule has 2 N–H and O–H groups in total. The lowest BCUT2D eigenvalue weighted by atomic mass is 10.1. The van der Waals surface area contributed by atoms with Gasteiger partial charge in [0.25, 0.3) is 0 Å².